The molecule has 1 atom stereocenters. The van der Waals surface area contributed by atoms with Crippen molar-refractivity contribution in [2.24, 2.45) is 0 Å². The van der Waals surface area contributed by atoms with E-state index in [0.717, 1.165) is 5.39 Å². The Bertz CT molecular complexity index is 980. The van der Waals surface area contributed by atoms with Gasteiger partial charge in [-0.1, -0.05) is 29.8 Å². The van der Waals surface area contributed by atoms with Crippen LogP contribution in [0, 0.1) is 0 Å². The highest BCUT2D eigenvalue weighted by Crippen LogP contribution is 2.27. The van der Waals surface area contributed by atoms with Gasteiger partial charge in [0.25, 0.3) is 5.91 Å². The molecule has 3 aromatic rings. The number of furan rings is 1. The van der Waals surface area contributed by atoms with Crippen LogP contribution in [0.5, 0.6) is 0 Å². The van der Waals surface area contributed by atoms with E-state index in [-0.39, 0.29) is 12.4 Å². The Hall–Kier alpha value is -2.83. The number of esters is 1. The Morgan fingerprint density at radius 2 is 1.86 bits per heavy atom. The van der Waals surface area contributed by atoms with Gasteiger partial charge in [-0.2, -0.15) is 0 Å². The van der Waals surface area contributed by atoms with Crippen molar-refractivity contribution in [3.8, 4) is 0 Å². The number of ether oxygens (including phenoxy) is 2. The lowest BCUT2D eigenvalue weighted by Crippen LogP contribution is -2.30. The molecule has 0 aliphatic carbocycles. The molecular weight excluding hydrogens is 382 g/mol. The van der Waals surface area contributed by atoms with Gasteiger partial charge in [0.2, 0.25) is 5.76 Å². The average molecular weight is 402 g/mol. The number of benzene rings is 2. The largest absolute Gasteiger partial charge is 0.449 e. The Kier molecular flexibility index (Phi) is 6.34. The molecule has 0 fully saturated rings. The van der Waals surface area contributed by atoms with Crippen LogP contribution in [0.15, 0.2) is 52.9 Å². The van der Waals surface area contributed by atoms with Gasteiger partial charge >= 0.3 is 5.97 Å². The van der Waals surface area contributed by atoms with Crippen LogP contribution in [0.4, 0.5) is 5.69 Å². The van der Waals surface area contributed by atoms with Crippen LogP contribution in [-0.2, 0) is 20.9 Å². The maximum atomic E-state index is 12.6. The van der Waals surface area contributed by atoms with Crippen LogP contribution in [0.1, 0.15) is 30.0 Å². The van der Waals surface area contributed by atoms with E-state index < -0.39 is 18.0 Å². The third-order valence-corrected chi connectivity index (χ3v) is 4.35. The number of amides is 1. The van der Waals surface area contributed by atoms with E-state index in [1.807, 2.05) is 25.1 Å². The van der Waals surface area contributed by atoms with Gasteiger partial charge in [0.1, 0.15) is 5.58 Å². The minimum Gasteiger partial charge on any atom is -0.449 e. The minimum atomic E-state index is -1.02. The van der Waals surface area contributed by atoms with E-state index in [4.69, 9.17) is 25.5 Å². The normalized spacial score (nSPS) is 12.0. The monoisotopic (exact) mass is 401 g/mol. The lowest BCUT2D eigenvalue weighted by molar-refractivity contribution is -0.123. The number of fused-ring (bicyclic) bond motifs is 1. The Labute approximate surface area is 167 Å². The summed E-state index contributed by atoms with van der Waals surface area (Å²) in [6.07, 6.45) is -1.02. The molecule has 1 amide bonds. The first-order valence-corrected chi connectivity index (χ1v) is 9.23. The molecule has 7 heteroatoms. The second kappa shape index (κ2) is 8.91. The van der Waals surface area contributed by atoms with Gasteiger partial charge in [0, 0.05) is 28.3 Å². The van der Waals surface area contributed by atoms with Gasteiger partial charge in [-0.3, -0.25) is 4.79 Å². The van der Waals surface area contributed by atoms with Crippen LogP contribution >= 0.6 is 11.6 Å². The summed E-state index contributed by atoms with van der Waals surface area (Å²) in [5.74, 6) is -1.14. The summed E-state index contributed by atoms with van der Waals surface area (Å²) in [6, 6.07) is 13.9. The van der Waals surface area contributed by atoms with Crippen molar-refractivity contribution < 1.29 is 23.5 Å². The zero-order valence-corrected chi connectivity index (χ0v) is 16.3. The molecule has 0 saturated carbocycles. The fourth-order valence-electron chi connectivity index (χ4n) is 2.66. The zero-order valence-electron chi connectivity index (χ0n) is 15.5. The number of nitrogens with one attached hydrogen (secondary N) is 1. The number of halogens is 1. The Morgan fingerprint density at radius 3 is 2.57 bits per heavy atom. The third kappa shape index (κ3) is 4.52. The number of hydrogen-bond acceptors (Lipinski definition) is 5. The lowest BCUT2D eigenvalue weighted by atomic mass is 10.1. The van der Waals surface area contributed by atoms with Crippen LogP contribution < -0.4 is 5.32 Å². The summed E-state index contributed by atoms with van der Waals surface area (Å²) in [5.41, 5.74) is 1.72. The highest BCUT2D eigenvalue weighted by atomic mass is 35.5. The predicted octanol–water partition coefficient (Wildman–Crippen LogP) is 4.81. The molecular formula is C21H20ClNO5. The van der Waals surface area contributed by atoms with Gasteiger partial charge < -0.3 is 19.2 Å². The smallest absolute Gasteiger partial charge is 0.375 e. The number of hydrogen-bond donors (Lipinski definition) is 1. The number of rotatable bonds is 7. The molecule has 6 nitrogen and oxygen atoms in total. The van der Waals surface area contributed by atoms with Crippen molar-refractivity contribution >= 4 is 40.1 Å². The van der Waals surface area contributed by atoms with E-state index in [0.29, 0.717) is 28.5 Å². The Morgan fingerprint density at radius 1 is 1.14 bits per heavy atom. The molecule has 3 rings (SSSR count). The quantitative estimate of drug-likeness (QED) is 0.575. The third-order valence-electron chi connectivity index (χ3n) is 4.10. The van der Waals surface area contributed by atoms with Gasteiger partial charge in [0.05, 0.1) is 6.61 Å². The standard InChI is InChI=1S/C21H20ClNO5/c1-3-26-12-17-16-6-4-5-7-18(16)28-19(17)21(25)27-13(2)20(24)23-15-10-8-14(22)9-11-15/h4-11,13H,3,12H2,1-2H3,(H,23,24). The first-order chi connectivity index (χ1) is 13.5. The molecule has 1 heterocycles. The van der Waals surface area contributed by atoms with Crippen LogP contribution in [0.2, 0.25) is 5.02 Å². The second-order valence-corrected chi connectivity index (χ2v) is 6.52. The van der Waals surface area contributed by atoms with Crippen molar-refractivity contribution in [1.29, 1.82) is 0 Å². The van der Waals surface area contributed by atoms with Crippen molar-refractivity contribution in [1.82, 2.24) is 0 Å². The van der Waals surface area contributed by atoms with Gasteiger partial charge in [-0.25, -0.2) is 4.79 Å². The molecule has 1 unspecified atom stereocenters. The summed E-state index contributed by atoms with van der Waals surface area (Å²) in [6.45, 7) is 4.06. The van der Waals surface area contributed by atoms with Gasteiger partial charge in [-0.05, 0) is 44.2 Å². The molecule has 0 saturated heterocycles. The lowest BCUT2D eigenvalue weighted by Gasteiger charge is -2.13. The van der Waals surface area contributed by atoms with E-state index >= 15 is 0 Å². The molecule has 1 N–H and O–H groups in total. The molecule has 0 aliphatic rings. The van der Waals surface area contributed by atoms with E-state index in [9.17, 15) is 9.59 Å². The summed E-state index contributed by atoms with van der Waals surface area (Å²) >= 11 is 5.83. The summed E-state index contributed by atoms with van der Waals surface area (Å²) < 4.78 is 16.4. The average Bonchev–Trinajstić information content (AvgIpc) is 3.06. The first-order valence-electron chi connectivity index (χ1n) is 8.85. The topological polar surface area (TPSA) is 77.8 Å². The molecule has 0 aliphatic heterocycles. The highest BCUT2D eigenvalue weighted by molar-refractivity contribution is 6.30. The van der Waals surface area contributed by atoms with Gasteiger partial charge in [-0.15, -0.1) is 0 Å². The number of carbonyl (C=O) groups excluding carboxylic acids is 2. The molecule has 0 spiro atoms. The molecule has 1 aromatic heterocycles. The van der Waals surface area contributed by atoms with Crippen molar-refractivity contribution in [2.45, 2.75) is 26.6 Å². The molecule has 0 radical (unpaired) electrons. The summed E-state index contributed by atoms with van der Waals surface area (Å²) in [5, 5.41) is 4.01. The zero-order chi connectivity index (χ0) is 20.1. The highest BCUT2D eigenvalue weighted by Gasteiger charge is 2.26. The first kappa shape index (κ1) is 19.9. The fraction of sp³-hybridized carbons (Fsp3) is 0.238. The fourth-order valence-corrected chi connectivity index (χ4v) is 2.78. The Balaban J connectivity index is 1.74. The maximum absolute atomic E-state index is 12.6. The van der Waals surface area contributed by atoms with Gasteiger partial charge in [0.15, 0.2) is 6.10 Å². The number of carbonyl (C=O) groups is 2. The van der Waals surface area contributed by atoms with Crippen LogP contribution in [-0.4, -0.2) is 24.6 Å². The van der Waals surface area contributed by atoms with E-state index in [2.05, 4.69) is 5.32 Å². The minimum absolute atomic E-state index is 0.0424. The second-order valence-electron chi connectivity index (χ2n) is 6.09. The van der Waals surface area contributed by atoms with Crippen molar-refractivity contribution in [3.63, 3.8) is 0 Å². The SMILES string of the molecule is CCOCc1c(C(=O)OC(C)C(=O)Nc2ccc(Cl)cc2)oc2ccccc12. The van der Waals surface area contributed by atoms with E-state index in [1.165, 1.54) is 6.92 Å². The number of anilines is 1. The van der Waals surface area contributed by atoms with E-state index in [1.54, 1.807) is 30.3 Å². The molecule has 146 valence electrons. The number of para-hydroxylation sites is 1. The summed E-state index contributed by atoms with van der Waals surface area (Å²) in [7, 11) is 0. The predicted molar refractivity (Wildman–Crippen MR) is 107 cm³/mol. The molecule has 2 aromatic carbocycles. The molecule has 0 bridgehead atoms. The van der Waals surface area contributed by atoms with Crippen molar-refractivity contribution in [3.05, 3.63) is 64.9 Å². The summed E-state index contributed by atoms with van der Waals surface area (Å²) in [4.78, 5) is 25.0. The van der Waals surface area contributed by atoms with Crippen LogP contribution in [0.25, 0.3) is 11.0 Å². The maximum Gasteiger partial charge on any atom is 0.375 e. The molecule has 28 heavy (non-hydrogen) atoms. The van der Waals surface area contributed by atoms with Crippen LogP contribution in [0.3, 0.4) is 0 Å². The van der Waals surface area contributed by atoms with Crippen molar-refractivity contribution in [2.75, 3.05) is 11.9 Å².